The number of amides is 2. The van der Waals surface area contributed by atoms with Gasteiger partial charge in [0.15, 0.2) is 0 Å². The molecular formula is C35H42Cl2N2O6. The molecule has 0 aliphatic heterocycles. The number of anilines is 2. The van der Waals surface area contributed by atoms with Crippen molar-refractivity contribution in [2.75, 3.05) is 36.1 Å². The van der Waals surface area contributed by atoms with Gasteiger partial charge in [0.05, 0.1) is 23.8 Å². The topological polar surface area (TPSA) is 96.4 Å². The van der Waals surface area contributed by atoms with Crippen molar-refractivity contribution in [3.63, 3.8) is 0 Å². The summed E-state index contributed by atoms with van der Waals surface area (Å²) in [6.45, 7) is 5.88. The van der Waals surface area contributed by atoms with Crippen LogP contribution in [-0.4, -0.2) is 49.2 Å². The first kappa shape index (κ1) is 35.7. The fraction of sp³-hybridized carbons (Fsp3) is 0.400. The van der Waals surface area contributed by atoms with Crippen LogP contribution in [0.3, 0.4) is 0 Å². The Hall–Kier alpha value is -3.75. The number of hydrogen-bond acceptors (Lipinski definition) is 5. The van der Waals surface area contributed by atoms with Crippen molar-refractivity contribution in [2.45, 2.75) is 65.2 Å². The third-order valence-electron chi connectivity index (χ3n) is 7.17. The monoisotopic (exact) mass is 656 g/mol. The van der Waals surface area contributed by atoms with Crippen LogP contribution in [0.2, 0.25) is 10.0 Å². The van der Waals surface area contributed by atoms with Crippen molar-refractivity contribution in [1.29, 1.82) is 0 Å². The van der Waals surface area contributed by atoms with Gasteiger partial charge in [-0.3, -0.25) is 14.4 Å². The van der Waals surface area contributed by atoms with Gasteiger partial charge in [0.2, 0.25) is 5.91 Å². The van der Waals surface area contributed by atoms with E-state index in [2.05, 4.69) is 0 Å². The molecule has 3 rings (SSSR count). The van der Waals surface area contributed by atoms with Crippen molar-refractivity contribution < 1.29 is 29.0 Å². The fourth-order valence-corrected chi connectivity index (χ4v) is 5.40. The zero-order chi connectivity index (χ0) is 32.6. The quantitative estimate of drug-likeness (QED) is 0.130. The van der Waals surface area contributed by atoms with E-state index in [4.69, 9.17) is 37.8 Å². The Morgan fingerprint density at radius 1 is 0.667 bits per heavy atom. The van der Waals surface area contributed by atoms with Crippen LogP contribution < -0.4 is 19.3 Å². The first-order chi connectivity index (χ1) is 21.7. The highest BCUT2D eigenvalue weighted by molar-refractivity contribution is 6.37. The molecule has 1 N–H and O–H groups in total. The molecule has 0 unspecified atom stereocenters. The van der Waals surface area contributed by atoms with Crippen LogP contribution in [0.4, 0.5) is 11.4 Å². The standard InChI is InChI=1S/C35H42Cl2N2O6/c1-3-44-29-18-14-27(15-19-29)38(23-9-6-8-12-34(41)42)33(40)11-7-5-10-24-39(28-16-20-30(21-17-28)45-4-2)35(43)31-22-13-26(36)25-32(31)37/h13-22,25H,3-12,23-24H2,1-2H3,(H,41,42). The van der Waals surface area contributed by atoms with Crippen LogP contribution in [0.1, 0.15) is 75.6 Å². The summed E-state index contributed by atoms with van der Waals surface area (Å²) in [5.74, 6) is 0.414. The molecule has 0 heterocycles. The van der Waals surface area contributed by atoms with Gasteiger partial charge in [0, 0.05) is 42.3 Å². The number of benzene rings is 3. The molecule has 0 aliphatic rings. The molecule has 3 aromatic carbocycles. The number of carboxylic acids is 1. The maximum Gasteiger partial charge on any atom is 0.303 e. The summed E-state index contributed by atoms with van der Waals surface area (Å²) >= 11 is 12.4. The summed E-state index contributed by atoms with van der Waals surface area (Å²) in [6.07, 6.45) is 4.54. The lowest BCUT2D eigenvalue weighted by Gasteiger charge is -2.25. The van der Waals surface area contributed by atoms with Crippen molar-refractivity contribution in [3.8, 4) is 11.5 Å². The van der Waals surface area contributed by atoms with Gasteiger partial charge in [-0.1, -0.05) is 36.0 Å². The second-order valence-corrected chi connectivity index (χ2v) is 11.3. The average Bonchev–Trinajstić information content (AvgIpc) is 3.01. The van der Waals surface area contributed by atoms with E-state index in [1.165, 1.54) is 0 Å². The van der Waals surface area contributed by atoms with E-state index in [1.807, 2.05) is 62.4 Å². The lowest BCUT2D eigenvalue weighted by molar-refractivity contribution is -0.137. The number of halogens is 2. The Labute approximate surface area is 275 Å². The Morgan fingerprint density at radius 2 is 1.18 bits per heavy atom. The average molecular weight is 658 g/mol. The highest BCUT2D eigenvalue weighted by Gasteiger charge is 2.21. The van der Waals surface area contributed by atoms with Gasteiger partial charge in [-0.15, -0.1) is 0 Å². The van der Waals surface area contributed by atoms with Gasteiger partial charge in [-0.25, -0.2) is 0 Å². The van der Waals surface area contributed by atoms with Crippen molar-refractivity contribution in [2.24, 2.45) is 0 Å². The molecule has 0 radical (unpaired) electrons. The minimum Gasteiger partial charge on any atom is -0.494 e. The number of rotatable bonds is 19. The summed E-state index contributed by atoms with van der Waals surface area (Å²) in [5, 5.41) is 9.66. The summed E-state index contributed by atoms with van der Waals surface area (Å²) in [7, 11) is 0. The Bertz CT molecular complexity index is 1380. The Kier molecular flexibility index (Phi) is 15.0. The number of aliphatic carboxylic acids is 1. The molecule has 3 aromatic rings. The number of carbonyl (C=O) groups is 3. The smallest absolute Gasteiger partial charge is 0.303 e. The van der Waals surface area contributed by atoms with Crippen LogP contribution >= 0.6 is 23.2 Å². The summed E-state index contributed by atoms with van der Waals surface area (Å²) in [4.78, 5) is 41.3. The minimum absolute atomic E-state index is 0.00443. The van der Waals surface area contributed by atoms with Crippen LogP contribution in [-0.2, 0) is 9.59 Å². The van der Waals surface area contributed by atoms with Crippen LogP contribution in [0.15, 0.2) is 66.7 Å². The highest BCUT2D eigenvalue weighted by Crippen LogP contribution is 2.27. The molecule has 0 aromatic heterocycles. The molecule has 0 spiro atoms. The molecule has 10 heteroatoms. The maximum atomic E-state index is 13.6. The maximum absolute atomic E-state index is 13.6. The second-order valence-electron chi connectivity index (χ2n) is 10.5. The first-order valence-electron chi connectivity index (χ1n) is 15.5. The van der Waals surface area contributed by atoms with Crippen LogP contribution in [0, 0.1) is 0 Å². The van der Waals surface area contributed by atoms with Gasteiger partial charge < -0.3 is 24.4 Å². The third-order valence-corrected chi connectivity index (χ3v) is 7.72. The third kappa shape index (κ3) is 11.6. The predicted octanol–water partition coefficient (Wildman–Crippen LogP) is 8.68. The van der Waals surface area contributed by atoms with Gasteiger partial charge >= 0.3 is 5.97 Å². The number of unbranched alkanes of at least 4 members (excludes halogenated alkanes) is 4. The van der Waals surface area contributed by atoms with Crippen molar-refractivity contribution >= 4 is 52.4 Å². The molecule has 8 nitrogen and oxygen atoms in total. The molecule has 0 fully saturated rings. The Balaban J connectivity index is 1.63. The van der Waals surface area contributed by atoms with E-state index in [0.29, 0.717) is 69.0 Å². The van der Waals surface area contributed by atoms with E-state index < -0.39 is 5.97 Å². The van der Waals surface area contributed by atoms with Crippen LogP contribution in [0.25, 0.3) is 0 Å². The second kappa shape index (κ2) is 18.9. The number of ether oxygens (including phenoxy) is 2. The fourth-order valence-electron chi connectivity index (χ4n) is 4.91. The molecule has 0 aliphatic carbocycles. The molecule has 45 heavy (non-hydrogen) atoms. The normalized spacial score (nSPS) is 10.8. The van der Waals surface area contributed by atoms with E-state index in [0.717, 1.165) is 35.7 Å². The molecule has 0 bridgehead atoms. The van der Waals surface area contributed by atoms with Gasteiger partial charge in [-0.05, 0) is 106 Å². The molecule has 0 saturated carbocycles. The summed E-state index contributed by atoms with van der Waals surface area (Å²) < 4.78 is 11.1. The van der Waals surface area contributed by atoms with Gasteiger partial charge in [0.1, 0.15) is 11.5 Å². The number of carbonyl (C=O) groups excluding carboxylic acids is 2. The molecule has 2 amide bonds. The molecule has 0 saturated heterocycles. The Morgan fingerprint density at radius 3 is 1.69 bits per heavy atom. The molecular weight excluding hydrogens is 615 g/mol. The van der Waals surface area contributed by atoms with E-state index in [-0.39, 0.29) is 23.3 Å². The zero-order valence-electron chi connectivity index (χ0n) is 26.0. The van der Waals surface area contributed by atoms with Crippen molar-refractivity contribution in [1.82, 2.24) is 0 Å². The number of nitrogens with zero attached hydrogens (tertiary/aromatic N) is 2. The van der Waals surface area contributed by atoms with Crippen LogP contribution in [0.5, 0.6) is 11.5 Å². The highest BCUT2D eigenvalue weighted by atomic mass is 35.5. The largest absolute Gasteiger partial charge is 0.494 e. The minimum atomic E-state index is -0.812. The summed E-state index contributed by atoms with van der Waals surface area (Å²) in [5.41, 5.74) is 1.86. The van der Waals surface area contributed by atoms with E-state index in [9.17, 15) is 14.4 Å². The van der Waals surface area contributed by atoms with Crippen molar-refractivity contribution in [3.05, 3.63) is 82.3 Å². The van der Waals surface area contributed by atoms with Gasteiger partial charge in [-0.2, -0.15) is 0 Å². The lowest BCUT2D eigenvalue weighted by Crippen LogP contribution is -2.32. The SMILES string of the molecule is CCOc1ccc(N(CCCCCC(=O)O)C(=O)CCCCCN(C(=O)c2ccc(Cl)cc2Cl)c2ccc(OCC)cc2)cc1. The molecule has 242 valence electrons. The van der Waals surface area contributed by atoms with Gasteiger partial charge in [0.25, 0.3) is 5.91 Å². The van der Waals surface area contributed by atoms with E-state index >= 15 is 0 Å². The zero-order valence-corrected chi connectivity index (χ0v) is 27.5. The summed E-state index contributed by atoms with van der Waals surface area (Å²) in [6, 6.07) is 19.6. The molecule has 0 atom stereocenters. The first-order valence-corrected chi connectivity index (χ1v) is 16.2. The predicted molar refractivity (Wildman–Crippen MR) is 180 cm³/mol. The number of carboxylic acid groups (broad SMARTS) is 1. The lowest BCUT2D eigenvalue weighted by atomic mass is 10.1. The van der Waals surface area contributed by atoms with E-state index in [1.54, 1.807) is 28.0 Å². The number of hydrogen-bond donors (Lipinski definition) is 1.